The van der Waals surface area contributed by atoms with Crippen molar-refractivity contribution >= 4 is 56.1 Å². The molecule has 0 spiro atoms. The Kier molecular flexibility index (Phi) is 9.02. The molecule has 1 aromatic heterocycles. The summed E-state index contributed by atoms with van der Waals surface area (Å²) in [5, 5.41) is 12.9. The average Bonchev–Trinajstić information content (AvgIpc) is 3.26. The summed E-state index contributed by atoms with van der Waals surface area (Å²) < 4.78 is 2.91. The number of Topliss-reactive ketones (excluding diaryl/α,β-unsaturated/α-hetero) is 1. The fraction of sp³-hybridized carbons (Fsp3) is 0.233. The van der Waals surface area contributed by atoms with Crippen LogP contribution in [0.3, 0.4) is 0 Å². The molecule has 1 amide bonds. The summed E-state index contributed by atoms with van der Waals surface area (Å²) in [6.07, 6.45) is 1.97. The monoisotopic (exact) mass is 594 g/mol. The number of carbonyl (C=O) groups is 3. The summed E-state index contributed by atoms with van der Waals surface area (Å²) in [6.45, 7) is 2.13. The predicted octanol–water partition coefficient (Wildman–Crippen LogP) is 7.09. The van der Waals surface area contributed by atoms with Crippen molar-refractivity contribution in [3.63, 3.8) is 0 Å². The largest absolute Gasteiger partial charge is 0.481 e. The van der Waals surface area contributed by atoms with Crippen molar-refractivity contribution < 1.29 is 19.5 Å². The van der Waals surface area contributed by atoms with Crippen LogP contribution in [0.1, 0.15) is 52.6 Å². The number of nitrogens with one attached hydrogen (secondary N) is 1. The first kappa shape index (κ1) is 27.6. The SMILES string of the molecule is CCCC(Cc1ccc(C(=O)NCCC(=O)O)cc1)C(=O)c1cc2cc(Cl)ccc2n1-c1cccc(Br)c1. The minimum Gasteiger partial charge on any atom is -0.481 e. The highest BCUT2D eigenvalue weighted by molar-refractivity contribution is 9.10. The molecule has 0 aliphatic rings. The molecular weight excluding hydrogens is 568 g/mol. The summed E-state index contributed by atoms with van der Waals surface area (Å²) in [5.74, 6) is -1.49. The molecule has 6 nitrogen and oxygen atoms in total. The lowest BCUT2D eigenvalue weighted by molar-refractivity contribution is -0.136. The normalized spacial score (nSPS) is 11.9. The lowest BCUT2D eigenvalue weighted by atomic mass is 9.89. The molecule has 2 N–H and O–H groups in total. The first-order valence-electron chi connectivity index (χ1n) is 12.5. The standard InChI is InChI=1S/C30H28BrClN2O4/c1-2-4-21(15-19-7-9-20(10-8-19)30(38)33-14-13-28(35)36)29(37)27-17-22-16-24(32)11-12-26(22)34(27)25-6-3-5-23(31)18-25/h3,5-12,16-18,21H,2,4,13-15H2,1H3,(H,33,38)(H,35,36). The Balaban J connectivity index is 1.62. The van der Waals surface area contributed by atoms with Crippen LogP contribution in [0.5, 0.6) is 0 Å². The Morgan fingerprint density at radius 1 is 1.03 bits per heavy atom. The van der Waals surface area contributed by atoms with Gasteiger partial charge in [0.1, 0.15) is 0 Å². The van der Waals surface area contributed by atoms with Crippen molar-refractivity contribution in [3.05, 3.63) is 99.1 Å². The lowest BCUT2D eigenvalue weighted by Gasteiger charge is -2.18. The molecule has 0 radical (unpaired) electrons. The number of ketones is 1. The van der Waals surface area contributed by atoms with Crippen molar-refractivity contribution in [1.82, 2.24) is 9.88 Å². The predicted molar refractivity (Wildman–Crippen MR) is 153 cm³/mol. The molecule has 0 bridgehead atoms. The van der Waals surface area contributed by atoms with Gasteiger partial charge in [-0.1, -0.05) is 59.1 Å². The van der Waals surface area contributed by atoms with Gasteiger partial charge in [-0.25, -0.2) is 0 Å². The summed E-state index contributed by atoms with van der Waals surface area (Å²) >= 11 is 9.82. The molecule has 0 fully saturated rings. The number of aliphatic carboxylic acids is 1. The quantitative estimate of drug-likeness (QED) is 0.181. The van der Waals surface area contributed by atoms with Crippen molar-refractivity contribution in [2.24, 2.45) is 5.92 Å². The van der Waals surface area contributed by atoms with Gasteiger partial charge in [-0.3, -0.25) is 14.4 Å². The van der Waals surface area contributed by atoms with E-state index in [2.05, 4.69) is 28.2 Å². The molecule has 4 rings (SSSR count). The number of fused-ring (bicyclic) bond motifs is 1. The molecule has 0 saturated carbocycles. The summed E-state index contributed by atoms with van der Waals surface area (Å²) in [7, 11) is 0. The van der Waals surface area contributed by atoms with E-state index in [1.165, 1.54) is 0 Å². The van der Waals surface area contributed by atoms with Gasteiger partial charge in [0.2, 0.25) is 0 Å². The van der Waals surface area contributed by atoms with E-state index >= 15 is 0 Å². The van der Waals surface area contributed by atoms with Crippen LogP contribution in [-0.4, -0.2) is 33.9 Å². The van der Waals surface area contributed by atoms with E-state index in [0.29, 0.717) is 22.7 Å². The molecule has 1 unspecified atom stereocenters. The number of carboxylic acids is 1. The van der Waals surface area contributed by atoms with Crippen LogP contribution >= 0.6 is 27.5 Å². The van der Waals surface area contributed by atoms with Crippen molar-refractivity contribution in [1.29, 1.82) is 0 Å². The Morgan fingerprint density at radius 2 is 1.79 bits per heavy atom. The number of aromatic nitrogens is 1. The zero-order valence-corrected chi connectivity index (χ0v) is 23.3. The lowest BCUT2D eigenvalue weighted by Crippen LogP contribution is -2.26. The first-order valence-corrected chi connectivity index (χ1v) is 13.6. The summed E-state index contributed by atoms with van der Waals surface area (Å²) in [4.78, 5) is 37.0. The summed E-state index contributed by atoms with van der Waals surface area (Å²) in [5.41, 5.74) is 3.79. The maximum Gasteiger partial charge on any atom is 0.305 e. The highest BCUT2D eigenvalue weighted by Gasteiger charge is 2.25. The van der Waals surface area contributed by atoms with E-state index in [1.54, 1.807) is 12.1 Å². The number of halogens is 2. The molecule has 0 aliphatic carbocycles. The molecule has 38 heavy (non-hydrogen) atoms. The van der Waals surface area contributed by atoms with Crippen LogP contribution in [0.25, 0.3) is 16.6 Å². The first-order chi connectivity index (χ1) is 18.3. The Hall–Kier alpha value is -3.42. The van der Waals surface area contributed by atoms with Crippen molar-refractivity contribution in [3.8, 4) is 5.69 Å². The maximum absolute atomic E-state index is 14.0. The van der Waals surface area contributed by atoms with E-state index < -0.39 is 5.97 Å². The molecule has 1 atom stereocenters. The van der Waals surface area contributed by atoms with Gasteiger partial charge in [-0.05, 0) is 73.0 Å². The number of benzene rings is 3. The number of rotatable bonds is 11. The minimum atomic E-state index is -0.964. The van der Waals surface area contributed by atoms with Gasteiger partial charge < -0.3 is 15.0 Å². The van der Waals surface area contributed by atoms with Gasteiger partial charge in [0.25, 0.3) is 5.91 Å². The van der Waals surface area contributed by atoms with Gasteiger partial charge in [0.15, 0.2) is 5.78 Å². The number of carboxylic acid groups (broad SMARTS) is 1. The zero-order valence-electron chi connectivity index (χ0n) is 20.9. The summed E-state index contributed by atoms with van der Waals surface area (Å²) in [6, 6.07) is 22.5. The van der Waals surface area contributed by atoms with Crippen LogP contribution in [0, 0.1) is 5.92 Å². The Labute approximate surface area is 234 Å². The molecular formula is C30H28BrClN2O4. The third-order valence-corrected chi connectivity index (χ3v) is 7.14. The van der Waals surface area contributed by atoms with Crippen LogP contribution in [0.2, 0.25) is 5.02 Å². The Morgan fingerprint density at radius 3 is 2.47 bits per heavy atom. The number of hydrogen-bond donors (Lipinski definition) is 2. The van der Waals surface area contributed by atoms with E-state index in [0.717, 1.165) is 39.5 Å². The Bertz CT molecular complexity index is 1480. The van der Waals surface area contributed by atoms with E-state index in [4.69, 9.17) is 16.7 Å². The van der Waals surface area contributed by atoms with E-state index in [-0.39, 0.29) is 30.6 Å². The third kappa shape index (κ3) is 6.52. The topological polar surface area (TPSA) is 88.4 Å². The van der Waals surface area contributed by atoms with Gasteiger partial charge in [-0.2, -0.15) is 0 Å². The van der Waals surface area contributed by atoms with Gasteiger partial charge >= 0.3 is 5.97 Å². The molecule has 8 heteroatoms. The second kappa shape index (κ2) is 12.4. The van der Waals surface area contributed by atoms with Crippen molar-refractivity contribution in [2.75, 3.05) is 6.54 Å². The highest BCUT2D eigenvalue weighted by Crippen LogP contribution is 2.31. The van der Waals surface area contributed by atoms with Crippen molar-refractivity contribution in [2.45, 2.75) is 32.6 Å². The average molecular weight is 596 g/mol. The smallest absolute Gasteiger partial charge is 0.305 e. The van der Waals surface area contributed by atoms with E-state index in [9.17, 15) is 14.4 Å². The zero-order chi connectivity index (χ0) is 27.2. The van der Waals surface area contributed by atoms with E-state index in [1.807, 2.05) is 65.2 Å². The molecule has 1 heterocycles. The van der Waals surface area contributed by atoms with Crippen LogP contribution < -0.4 is 5.32 Å². The van der Waals surface area contributed by atoms with Crippen LogP contribution in [0.15, 0.2) is 77.3 Å². The molecule has 0 saturated heterocycles. The maximum atomic E-state index is 14.0. The molecule has 196 valence electrons. The molecule has 3 aromatic carbocycles. The minimum absolute atomic E-state index is 0.0506. The molecule has 4 aromatic rings. The highest BCUT2D eigenvalue weighted by atomic mass is 79.9. The number of hydrogen-bond acceptors (Lipinski definition) is 3. The second-order valence-electron chi connectivity index (χ2n) is 9.20. The fourth-order valence-corrected chi connectivity index (χ4v) is 5.17. The van der Waals surface area contributed by atoms with Crippen LogP contribution in [0.4, 0.5) is 0 Å². The number of nitrogens with zero attached hydrogens (tertiary/aromatic N) is 1. The third-order valence-electron chi connectivity index (χ3n) is 6.41. The van der Waals surface area contributed by atoms with Gasteiger partial charge in [0, 0.05) is 38.6 Å². The number of carbonyl (C=O) groups excluding carboxylic acids is 2. The van der Waals surface area contributed by atoms with Crippen LogP contribution in [-0.2, 0) is 11.2 Å². The van der Waals surface area contributed by atoms with Gasteiger partial charge in [0.05, 0.1) is 17.6 Å². The number of amides is 1. The second-order valence-corrected chi connectivity index (χ2v) is 10.6. The molecule has 0 aliphatic heterocycles. The fourth-order valence-electron chi connectivity index (χ4n) is 4.61. The van der Waals surface area contributed by atoms with Gasteiger partial charge in [-0.15, -0.1) is 0 Å².